The van der Waals surface area contributed by atoms with Crippen LogP contribution >= 0.6 is 35.0 Å². The van der Waals surface area contributed by atoms with E-state index in [2.05, 4.69) is 11.0 Å². The summed E-state index contributed by atoms with van der Waals surface area (Å²) >= 11 is 14.1. The van der Waals surface area contributed by atoms with Gasteiger partial charge in [0.05, 0.1) is 29.2 Å². The van der Waals surface area contributed by atoms with Crippen LogP contribution in [0.1, 0.15) is 23.5 Å². The van der Waals surface area contributed by atoms with Crippen molar-refractivity contribution in [2.75, 3.05) is 17.4 Å². The number of aryl methyl sites for hydroxylation is 1. The van der Waals surface area contributed by atoms with Crippen LogP contribution in [0, 0.1) is 18.3 Å². The summed E-state index contributed by atoms with van der Waals surface area (Å²) in [5.41, 5.74) is 3.41. The van der Waals surface area contributed by atoms with Crippen molar-refractivity contribution in [2.24, 2.45) is 0 Å². The van der Waals surface area contributed by atoms with Crippen LogP contribution in [0.3, 0.4) is 0 Å². The van der Waals surface area contributed by atoms with Gasteiger partial charge in [-0.15, -0.1) is 0 Å². The van der Waals surface area contributed by atoms with E-state index in [9.17, 15) is 10.1 Å². The van der Waals surface area contributed by atoms with Crippen LogP contribution < -0.4 is 4.90 Å². The predicted octanol–water partition coefficient (Wildman–Crippen LogP) is 5.52. The third-order valence-corrected chi connectivity index (χ3v) is 7.00. The molecule has 4 rings (SSSR count). The minimum absolute atomic E-state index is 0.00525. The van der Waals surface area contributed by atoms with E-state index in [1.165, 1.54) is 11.8 Å². The molecule has 1 saturated heterocycles. The molecule has 7 heteroatoms. The summed E-state index contributed by atoms with van der Waals surface area (Å²) in [5.74, 6) is 0.332. The average molecular weight is 430 g/mol. The SMILES string of the molecule is Cc1ccc(N2CSC3=C(C#N)C(c4ccccc4Cl)CC(=O)N3C2)cc1Cl. The number of halogens is 2. The van der Waals surface area contributed by atoms with Gasteiger partial charge in [0.2, 0.25) is 5.91 Å². The maximum atomic E-state index is 13.0. The fourth-order valence-electron chi connectivity index (χ4n) is 3.53. The monoisotopic (exact) mass is 429 g/mol. The highest BCUT2D eigenvalue weighted by Crippen LogP contribution is 2.44. The Labute approximate surface area is 178 Å². The lowest BCUT2D eigenvalue weighted by Gasteiger charge is -2.42. The van der Waals surface area contributed by atoms with Crippen molar-refractivity contribution in [1.82, 2.24) is 4.90 Å². The molecule has 1 amide bonds. The van der Waals surface area contributed by atoms with Crippen LogP contribution in [0.5, 0.6) is 0 Å². The Morgan fingerprint density at radius 2 is 1.96 bits per heavy atom. The van der Waals surface area contributed by atoms with Gasteiger partial charge in [-0.25, -0.2) is 0 Å². The first kappa shape index (κ1) is 19.2. The number of nitriles is 1. The summed E-state index contributed by atoms with van der Waals surface area (Å²) in [7, 11) is 0. The molecular formula is C21H17Cl2N3OS. The highest BCUT2D eigenvalue weighted by molar-refractivity contribution is 8.03. The molecule has 1 atom stereocenters. The van der Waals surface area contributed by atoms with Crippen LogP contribution in [0.15, 0.2) is 53.1 Å². The first-order valence-electron chi connectivity index (χ1n) is 8.82. The number of amides is 1. The van der Waals surface area contributed by atoms with Gasteiger partial charge in [-0.3, -0.25) is 9.69 Å². The van der Waals surface area contributed by atoms with Gasteiger partial charge in [-0.1, -0.05) is 59.2 Å². The van der Waals surface area contributed by atoms with Crippen LogP contribution in [-0.4, -0.2) is 23.4 Å². The van der Waals surface area contributed by atoms with Gasteiger partial charge in [0.25, 0.3) is 0 Å². The zero-order valence-corrected chi connectivity index (χ0v) is 17.5. The van der Waals surface area contributed by atoms with Crippen molar-refractivity contribution >= 4 is 46.6 Å². The molecule has 2 aromatic carbocycles. The Bertz CT molecular complexity index is 1030. The Kier molecular flexibility index (Phi) is 5.29. The number of benzene rings is 2. The van der Waals surface area contributed by atoms with Gasteiger partial charge in [0.15, 0.2) is 0 Å². The average Bonchev–Trinajstić information content (AvgIpc) is 2.70. The van der Waals surface area contributed by atoms with E-state index in [-0.39, 0.29) is 18.2 Å². The minimum Gasteiger partial charge on any atom is -0.344 e. The van der Waals surface area contributed by atoms with Crippen molar-refractivity contribution in [3.05, 3.63) is 74.2 Å². The fourth-order valence-corrected chi connectivity index (χ4v) is 5.14. The first-order chi connectivity index (χ1) is 13.5. The maximum absolute atomic E-state index is 13.0. The van der Waals surface area contributed by atoms with E-state index < -0.39 is 0 Å². The Balaban J connectivity index is 1.68. The van der Waals surface area contributed by atoms with E-state index in [4.69, 9.17) is 23.2 Å². The molecule has 0 bridgehead atoms. The molecule has 0 N–H and O–H groups in total. The third-order valence-electron chi connectivity index (χ3n) is 5.09. The molecule has 2 heterocycles. The second kappa shape index (κ2) is 7.71. The molecule has 0 spiro atoms. The van der Waals surface area contributed by atoms with E-state index in [0.29, 0.717) is 28.2 Å². The lowest BCUT2D eigenvalue weighted by Crippen LogP contribution is -2.47. The molecular weight excluding hydrogens is 413 g/mol. The van der Waals surface area contributed by atoms with Crippen LogP contribution in [0.2, 0.25) is 10.0 Å². The fraction of sp³-hybridized carbons (Fsp3) is 0.238. The predicted molar refractivity (Wildman–Crippen MR) is 114 cm³/mol. The van der Waals surface area contributed by atoms with Crippen molar-refractivity contribution in [2.45, 2.75) is 19.3 Å². The molecule has 28 heavy (non-hydrogen) atoms. The van der Waals surface area contributed by atoms with Crippen molar-refractivity contribution < 1.29 is 4.79 Å². The number of fused-ring (bicyclic) bond motifs is 1. The summed E-state index contributed by atoms with van der Waals surface area (Å²) in [5, 5.41) is 11.9. The van der Waals surface area contributed by atoms with Crippen molar-refractivity contribution in [1.29, 1.82) is 5.26 Å². The van der Waals surface area contributed by atoms with Crippen molar-refractivity contribution in [3.63, 3.8) is 0 Å². The lowest BCUT2D eigenvalue weighted by atomic mass is 9.86. The number of anilines is 1. The third kappa shape index (κ3) is 3.37. The van der Waals surface area contributed by atoms with Gasteiger partial charge in [0.1, 0.15) is 0 Å². The second-order valence-electron chi connectivity index (χ2n) is 6.82. The molecule has 1 unspecified atom stereocenters. The van der Waals surface area contributed by atoms with E-state index in [0.717, 1.165) is 21.8 Å². The van der Waals surface area contributed by atoms with Crippen LogP contribution in [-0.2, 0) is 4.79 Å². The van der Waals surface area contributed by atoms with E-state index >= 15 is 0 Å². The Morgan fingerprint density at radius 3 is 2.68 bits per heavy atom. The van der Waals surface area contributed by atoms with E-state index in [1.807, 2.05) is 43.3 Å². The van der Waals surface area contributed by atoms with Gasteiger partial charge >= 0.3 is 0 Å². The molecule has 0 radical (unpaired) electrons. The zero-order chi connectivity index (χ0) is 19.8. The molecule has 4 nitrogen and oxygen atoms in total. The highest BCUT2D eigenvalue weighted by atomic mass is 35.5. The van der Waals surface area contributed by atoms with Gasteiger partial charge < -0.3 is 4.90 Å². The summed E-state index contributed by atoms with van der Waals surface area (Å²) < 4.78 is 0. The Hall–Kier alpha value is -2.13. The molecule has 142 valence electrons. The van der Waals surface area contributed by atoms with E-state index in [1.54, 1.807) is 11.0 Å². The van der Waals surface area contributed by atoms with Gasteiger partial charge in [0, 0.05) is 28.1 Å². The zero-order valence-electron chi connectivity index (χ0n) is 15.2. The lowest BCUT2D eigenvalue weighted by molar-refractivity contribution is -0.129. The molecule has 2 aliphatic heterocycles. The highest BCUT2D eigenvalue weighted by Gasteiger charge is 2.38. The summed E-state index contributed by atoms with van der Waals surface area (Å²) in [6, 6.07) is 15.6. The molecule has 0 saturated carbocycles. The number of hydrogen-bond acceptors (Lipinski definition) is 4. The first-order valence-corrected chi connectivity index (χ1v) is 10.6. The quantitative estimate of drug-likeness (QED) is 0.630. The Morgan fingerprint density at radius 1 is 1.18 bits per heavy atom. The van der Waals surface area contributed by atoms with Crippen molar-refractivity contribution in [3.8, 4) is 6.07 Å². The van der Waals surface area contributed by atoms with Crippen LogP contribution in [0.4, 0.5) is 5.69 Å². The molecule has 0 aromatic heterocycles. The molecule has 2 aromatic rings. The number of rotatable bonds is 2. The second-order valence-corrected chi connectivity index (χ2v) is 8.57. The molecule has 1 fully saturated rings. The van der Waals surface area contributed by atoms with Gasteiger partial charge in [-0.05, 0) is 36.2 Å². The smallest absolute Gasteiger partial charge is 0.229 e. The number of allylic oxidation sites excluding steroid dienone is 1. The topological polar surface area (TPSA) is 47.3 Å². The number of carbonyl (C=O) groups excluding carboxylic acids is 1. The molecule has 2 aliphatic rings. The summed E-state index contributed by atoms with van der Waals surface area (Å²) in [6.45, 7) is 2.36. The summed E-state index contributed by atoms with van der Waals surface area (Å²) in [4.78, 5) is 16.7. The maximum Gasteiger partial charge on any atom is 0.229 e. The van der Waals surface area contributed by atoms with Crippen LogP contribution in [0.25, 0.3) is 0 Å². The van der Waals surface area contributed by atoms with Gasteiger partial charge in [-0.2, -0.15) is 5.26 Å². The number of nitrogens with zero attached hydrogens (tertiary/aromatic N) is 3. The number of thioether (sulfide) groups is 1. The molecule has 0 aliphatic carbocycles. The number of carbonyl (C=O) groups is 1. The largest absolute Gasteiger partial charge is 0.344 e. The summed E-state index contributed by atoms with van der Waals surface area (Å²) in [6.07, 6.45) is 0.235. The normalized spacial score (nSPS) is 19.5. The minimum atomic E-state index is -0.301. The number of hydrogen-bond donors (Lipinski definition) is 0. The standard InChI is InChI=1S/C21H17Cl2N3OS/c1-13-6-7-14(8-19(13)23)25-11-26-20(27)9-16(15-4-2-3-5-18(15)22)17(10-24)21(26)28-12-25/h2-8,16H,9,11-12H2,1H3.